The average molecular weight is 291 g/mol. The molecule has 0 aliphatic rings. The van der Waals surface area contributed by atoms with Crippen molar-refractivity contribution in [2.24, 2.45) is 5.73 Å². The molecular weight excluding hydrogens is 271 g/mol. The first-order valence-corrected chi connectivity index (χ1v) is 6.55. The number of ether oxygens (including phenoxy) is 2. The van der Waals surface area contributed by atoms with E-state index in [0.29, 0.717) is 18.8 Å². The summed E-state index contributed by atoms with van der Waals surface area (Å²) in [7, 11) is 0. The molecule has 0 radical (unpaired) electrons. The van der Waals surface area contributed by atoms with Crippen LogP contribution in [0.2, 0.25) is 0 Å². The molecule has 2 N–H and O–H groups in total. The fourth-order valence-corrected chi connectivity index (χ4v) is 1.59. The minimum Gasteiger partial charge on any atom is -0.494 e. The smallest absolute Gasteiger partial charge is 0.411 e. The van der Waals surface area contributed by atoms with Gasteiger partial charge in [0.15, 0.2) is 0 Å². The molecule has 0 spiro atoms. The maximum atomic E-state index is 11.8. The van der Waals surface area contributed by atoms with Crippen molar-refractivity contribution in [2.75, 3.05) is 19.8 Å². The van der Waals surface area contributed by atoms with Crippen LogP contribution in [0.15, 0.2) is 24.3 Å². The van der Waals surface area contributed by atoms with Gasteiger partial charge in [0.25, 0.3) is 0 Å². The maximum absolute atomic E-state index is 11.8. The quantitative estimate of drug-likeness (QED) is 0.746. The van der Waals surface area contributed by atoms with Crippen LogP contribution in [0.5, 0.6) is 5.75 Å². The van der Waals surface area contributed by atoms with E-state index in [1.54, 1.807) is 12.1 Å². The lowest BCUT2D eigenvalue weighted by atomic mass is 10.1. The van der Waals surface area contributed by atoms with E-state index in [4.69, 9.17) is 10.5 Å². The number of nitrogens with two attached hydrogens (primary N) is 1. The minimum atomic E-state index is -4.27. The Hall–Kier alpha value is -1.27. The van der Waals surface area contributed by atoms with Crippen molar-refractivity contribution < 1.29 is 22.6 Å². The number of alkyl halides is 3. The van der Waals surface area contributed by atoms with E-state index in [1.807, 2.05) is 19.1 Å². The molecule has 0 amide bonds. The van der Waals surface area contributed by atoms with Gasteiger partial charge in [-0.05, 0) is 24.1 Å². The van der Waals surface area contributed by atoms with E-state index in [2.05, 4.69) is 4.74 Å². The van der Waals surface area contributed by atoms with Gasteiger partial charge in [-0.2, -0.15) is 13.2 Å². The largest absolute Gasteiger partial charge is 0.494 e. The normalized spacial score (nSPS) is 13.2. The summed E-state index contributed by atoms with van der Waals surface area (Å²) >= 11 is 0. The van der Waals surface area contributed by atoms with Gasteiger partial charge in [0, 0.05) is 12.5 Å². The zero-order valence-corrected chi connectivity index (χ0v) is 11.5. The Bertz CT molecular complexity index is 379. The van der Waals surface area contributed by atoms with Gasteiger partial charge >= 0.3 is 6.18 Å². The van der Waals surface area contributed by atoms with Crippen LogP contribution in [0.4, 0.5) is 13.2 Å². The third-order valence-corrected chi connectivity index (χ3v) is 2.72. The molecule has 0 saturated heterocycles. The average Bonchev–Trinajstić information content (AvgIpc) is 2.41. The highest BCUT2D eigenvalue weighted by Gasteiger charge is 2.27. The summed E-state index contributed by atoms with van der Waals surface area (Å²) < 4.78 is 45.3. The fraction of sp³-hybridized carbons (Fsp3) is 0.571. The number of halogens is 3. The van der Waals surface area contributed by atoms with Crippen LogP contribution in [0.1, 0.15) is 31.4 Å². The molecule has 1 aromatic carbocycles. The van der Waals surface area contributed by atoms with Gasteiger partial charge in [-0.1, -0.05) is 19.1 Å². The molecule has 0 saturated carbocycles. The number of hydrogen-bond donors (Lipinski definition) is 1. The Kier molecular flexibility index (Phi) is 6.81. The lowest BCUT2D eigenvalue weighted by molar-refractivity contribution is -0.174. The second-order valence-electron chi connectivity index (χ2n) is 4.45. The van der Waals surface area contributed by atoms with Crippen molar-refractivity contribution >= 4 is 0 Å². The number of benzene rings is 1. The SMILES string of the molecule is CC[C@H](N)c1ccc(OCCCOCC(F)(F)F)cc1. The Morgan fingerprint density at radius 3 is 2.35 bits per heavy atom. The summed E-state index contributed by atoms with van der Waals surface area (Å²) in [5, 5.41) is 0. The molecule has 0 unspecified atom stereocenters. The molecule has 0 aliphatic carbocycles. The first kappa shape index (κ1) is 16.8. The number of hydrogen-bond acceptors (Lipinski definition) is 3. The summed E-state index contributed by atoms with van der Waals surface area (Å²) in [6.07, 6.45) is -3.00. The van der Waals surface area contributed by atoms with Crippen molar-refractivity contribution in [3.63, 3.8) is 0 Å². The molecule has 3 nitrogen and oxygen atoms in total. The van der Waals surface area contributed by atoms with Gasteiger partial charge < -0.3 is 15.2 Å². The summed E-state index contributed by atoms with van der Waals surface area (Å²) in [6.45, 7) is 1.14. The molecule has 1 aromatic rings. The van der Waals surface area contributed by atoms with E-state index in [0.717, 1.165) is 12.0 Å². The minimum absolute atomic E-state index is 0.0137. The number of rotatable bonds is 8. The van der Waals surface area contributed by atoms with Crippen LogP contribution in [-0.4, -0.2) is 26.0 Å². The van der Waals surface area contributed by atoms with Gasteiger partial charge in [0.05, 0.1) is 13.2 Å². The van der Waals surface area contributed by atoms with Crippen molar-refractivity contribution in [3.8, 4) is 5.75 Å². The first-order chi connectivity index (χ1) is 9.42. The van der Waals surface area contributed by atoms with Gasteiger partial charge in [-0.25, -0.2) is 0 Å². The highest BCUT2D eigenvalue weighted by atomic mass is 19.4. The lowest BCUT2D eigenvalue weighted by Gasteiger charge is -2.11. The molecule has 0 aliphatic heterocycles. The van der Waals surface area contributed by atoms with Gasteiger partial charge in [-0.15, -0.1) is 0 Å². The second-order valence-corrected chi connectivity index (χ2v) is 4.45. The predicted octanol–water partition coefficient (Wildman–Crippen LogP) is 3.44. The van der Waals surface area contributed by atoms with E-state index in [9.17, 15) is 13.2 Å². The van der Waals surface area contributed by atoms with Crippen LogP contribution in [0.25, 0.3) is 0 Å². The zero-order valence-electron chi connectivity index (χ0n) is 11.5. The summed E-state index contributed by atoms with van der Waals surface area (Å²) in [6, 6.07) is 7.41. The highest BCUT2D eigenvalue weighted by Crippen LogP contribution is 2.18. The summed E-state index contributed by atoms with van der Waals surface area (Å²) in [5.74, 6) is 0.674. The molecule has 6 heteroatoms. The fourth-order valence-electron chi connectivity index (χ4n) is 1.59. The molecule has 0 aromatic heterocycles. The van der Waals surface area contributed by atoms with Gasteiger partial charge in [0.1, 0.15) is 12.4 Å². The monoisotopic (exact) mass is 291 g/mol. The van der Waals surface area contributed by atoms with Gasteiger partial charge in [-0.3, -0.25) is 0 Å². The van der Waals surface area contributed by atoms with E-state index in [-0.39, 0.29) is 12.6 Å². The standard InChI is InChI=1S/C14H20F3NO2/c1-2-13(18)11-4-6-12(7-5-11)20-9-3-8-19-10-14(15,16)17/h4-7,13H,2-3,8-10,18H2,1H3/t13-/m0/s1. The molecule has 114 valence electrons. The Morgan fingerprint density at radius 2 is 1.80 bits per heavy atom. The van der Waals surface area contributed by atoms with E-state index in [1.165, 1.54) is 0 Å². The van der Waals surface area contributed by atoms with Gasteiger partial charge in [0.2, 0.25) is 0 Å². The molecule has 1 atom stereocenters. The maximum Gasteiger partial charge on any atom is 0.411 e. The van der Waals surface area contributed by atoms with Crippen LogP contribution in [0.3, 0.4) is 0 Å². The Labute approximate surface area is 116 Å². The van der Waals surface area contributed by atoms with Crippen molar-refractivity contribution in [2.45, 2.75) is 32.0 Å². The molecular formula is C14H20F3NO2. The molecule has 1 rings (SSSR count). The van der Waals surface area contributed by atoms with Crippen molar-refractivity contribution in [3.05, 3.63) is 29.8 Å². The van der Waals surface area contributed by atoms with Crippen LogP contribution < -0.4 is 10.5 Å². The van der Waals surface area contributed by atoms with E-state index < -0.39 is 12.8 Å². The first-order valence-electron chi connectivity index (χ1n) is 6.55. The van der Waals surface area contributed by atoms with Crippen molar-refractivity contribution in [1.29, 1.82) is 0 Å². The summed E-state index contributed by atoms with van der Waals surface area (Å²) in [5.41, 5.74) is 6.92. The molecule has 0 heterocycles. The lowest BCUT2D eigenvalue weighted by Crippen LogP contribution is -2.18. The van der Waals surface area contributed by atoms with Crippen LogP contribution in [0, 0.1) is 0 Å². The predicted molar refractivity (Wildman–Crippen MR) is 70.6 cm³/mol. The Morgan fingerprint density at radius 1 is 1.15 bits per heavy atom. The van der Waals surface area contributed by atoms with Crippen LogP contribution >= 0.6 is 0 Å². The third kappa shape index (κ3) is 6.77. The molecule has 0 bridgehead atoms. The zero-order chi connectivity index (χ0) is 15.0. The summed E-state index contributed by atoms with van der Waals surface area (Å²) in [4.78, 5) is 0. The highest BCUT2D eigenvalue weighted by molar-refractivity contribution is 5.28. The van der Waals surface area contributed by atoms with Crippen LogP contribution in [-0.2, 0) is 4.74 Å². The molecule has 0 fully saturated rings. The third-order valence-electron chi connectivity index (χ3n) is 2.72. The van der Waals surface area contributed by atoms with E-state index >= 15 is 0 Å². The second kappa shape index (κ2) is 8.11. The van der Waals surface area contributed by atoms with Crippen molar-refractivity contribution in [1.82, 2.24) is 0 Å². The topological polar surface area (TPSA) is 44.5 Å². The molecule has 20 heavy (non-hydrogen) atoms. The Balaban J connectivity index is 2.19.